The van der Waals surface area contributed by atoms with Crippen molar-refractivity contribution in [1.29, 1.82) is 0 Å². The normalized spacial score (nSPS) is 11.4. The van der Waals surface area contributed by atoms with Gasteiger partial charge in [0.1, 0.15) is 11.3 Å². The Morgan fingerprint density at radius 3 is 2.56 bits per heavy atom. The zero-order valence-electron chi connectivity index (χ0n) is 19.4. The number of benzene rings is 2. The van der Waals surface area contributed by atoms with E-state index >= 15 is 0 Å². The number of fused-ring (bicyclic) bond motifs is 2. The first-order valence-electron chi connectivity index (χ1n) is 11.6. The van der Waals surface area contributed by atoms with E-state index in [1.165, 1.54) is 0 Å². The van der Waals surface area contributed by atoms with E-state index in [2.05, 4.69) is 40.1 Å². The fourth-order valence-corrected chi connectivity index (χ4v) is 4.20. The Morgan fingerprint density at radius 2 is 1.76 bits per heavy atom. The molecule has 170 valence electrons. The van der Waals surface area contributed by atoms with Gasteiger partial charge in [0.25, 0.3) is 0 Å². The lowest BCUT2D eigenvalue weighted by Gasteiger charge is -2.19. The monoisotopic (exact) mass is 449 g/mol. The summed E-state index contributed by atoms with van der Waals surface area (Å²) in [5.41, 5.74) is 5.72. The lowest BCUT2D eigenvalue weighted by Crippen LogP contribution is -2.30. The van der Waals surface area contributed by atoms with Gasteiger partial charge in [-0.05, 0) is 42.9 Å². The van der Waals surface area contributed by atoms with Crippen molar-refractivity contribution < 1.29 is 0 Å². The van der Waals surface area contributed by atoms with Crippen molar-refractivity contribution in [1.82, 2.24) is 19.9 Å². The summed E-state index contributed by atoms with van der Waals surface area (Å²) in [5.74, 6) is 0. The first kappa shape index (κ1) is 21.8. The van der Waals surface area contributed by atoms with Crippen LogP contribution in [-0.2, 0) is 0 Å². The third-order valence-corrected chi connectivity index (χ3v) is 6.21. The molecule has 0 radical (unpaired) electrons. The minimum atomic E-state index is -0.0586. The molecule has 3 aromatic heterocycles. The molecular formula is C28H27N5O. The van der Waals surface area contributed by atoms with Gasteiger partial charge in [-0.1, -0.05) is 56.3 Å². The maximum absolute atomic E-state index is 13.4. The summed E-state index contributed by atoms with van der Waals surface area (Å²) >= 11 is 0. The van der Waals surface area contributed by atoms with Crippen LogP contribution in [0.1, 0.15) is 13.8 Å². The van der Waals surface area contributed by atoms with Gasteiger partial charge in [-0.15, -0.1) is 0 Å². The Kier molecular flexibility index (Phi) is 6.06. The third-order valence-electron chi connectivity index (χ3n) is 6.21. The van der Waals surface area contributed by atoms with E-state index in [0.29, 0.717) is 23.4 Å². The second-order valence-electron chi connectivity index (χ2n) is 8.23. The molecule has 0 atom stereocenters. The van der Waals surface area contributed by atoms with E-state index in [0.717, 1.165) is 46.4 Å². The summed E-state index contributed by atoms with van der Waals surface area (Å²) in [6.45, 7) is 6.66. The van der Waals surface area contributed by atoms with Gasteiger partial charge in [0, 0.05) is 28.9 Å². The first-order valence-corrected chi connectivity index (χ1v) is 11.6. The quantitative estimate of drug-likeness (QED) is 0.320. The molecule has 0 aliphatic heterocycles. The van der Waals surface area contributed by atoms with E-state index in [-0.39, 0.29) is 5.43 Å². The van der Waals surface area contributed by atoms with Gasteiger partial charge in [-0.25, -0.2) is 4.98 Å². The fourth-order valence-electron chi connectivity index (χ4n) is 4.20. The summed E-state index contributed by atoms with van der Waals surface area (Å²) in [6.07, 6.45) is 3.51. The van der Waals surface area contributed by atoms with Gasteiger partial charge in [-0.3, -0.25) is 14.7 Å². The molecule has 0 unspecified atom stereocenters. The van der Waals surface area contributed by atoms with Crippen LogP contribution in [0.2, 0.25) is 0 Å². The average Bonchev–Trinajstić information content (AvgIpc) is 2.90. The van der Waals surface area contributed by atoms with Gasteiger partial charge >= 0.3 is 0 Å². The van der Waals surface area contributed by atoms with Crippen LogP contribution in [0.25, 0.3) is 44.3 Å². The maximum atomic E-state index is 13.4. The summed E-state index contributed by atoms with van der Waals surface area (Å²) in [4.78, 5) is 28.2. The molecule has 0 amide bonds. The highest BCUT2D eigenvalue weighted by atomic mass is 16.1. The summed E-state index contributed by atoms with van der Waals surface area (Å²) in [5, 5.41) is 4.89. The molecule has 5 aromatic rings. The van der Waals surface area contributed by atoms with E-state index in [9.17, 15) is 4.79 Å². The van der Waals surface area contributed by atoms with Crippen LogP contribution in [0.15, 0.2) is 83.9 Å². The molecule has 5 rings (SSSR count). The highest BCUT2D eigenvalue weighted by Crippen LogP contribution is 2.33. The molecular weight excluding hydrogens is 422 g/mol. The molecule has 0 saturated carbocycles. The topological polar surface area (TPSA) is 73.9 Å². The standard InChI is InChI=1S/C28H27N5O/c1-3-33(4-2)18-31-25-17-30-28-23(27(25)34)16-22(26(32-28)19-9-6-5-7-10-19)20-12-13-24-21(15-20)11-8-14-29-24/h5-17,31H,3-4,18H2,1-2H3,(H,30,32,34). The number of rotatable bonds is 7. The smallest absolute Gasteiger partial charge is 0.214 e. The fraction of sp³-hybridized carbons (Fsp3) is 0.179. The molecule has 0 spiro atoms. The van der Waals surface area contributed by atoms with Gasteiger partial charge in [0.2, 0.25) is 5.43 Å². The van der Waals surface area contributed by atoms with E-state index in [1.54, 1.807) is 12.4 Å². The Hall–Kier alpha value is -4.03. The predicted octanol–water partition coefficient (Wildman–Crippen LogP) is 5.52. The largest absolute Gasteiger partial charge is 0.368 e. The molecule has 0 aliphatic rings. The van der Waals surface area contributed by atoms with Crippen molar-refractivity contribution in [3.8, 4) is 22.4 Å². The molecule has 6 nitrogen and oxygen atoms in total. The highest BCUT2D eigenvalue weighted by Gasteiger charge is 2.15. The molecule has 0 fully saturated rings. The third kappa shape index (κ3) is 4.16. The number of aromatic amines is 1. The lowest BCUT2D eigenvalue weighted by molar-refractivity contribution is 0.326. The number of aromatic nitrogens is 3. The maximum Gasteiger partial charge on any atom is 0.214 e. The lowest BCUT2D eigenvalue weighted by atomic mass is 9.97. The molecule has 0 bridgehead atoms. The minimum Gasteiger partial charge on any atom is -0.368 e. The van der Waals surface area contributed by atoms with Gasteiger partial charge in [-0.2, -0.15) is 0 Å². The zero-order chi connectivity index (χ0) is 23.5. The zero-order valence-corrected chi connectivity index (χ0v) is 19.4. The van der Waals surface area contributed by atoms with Crippen molar-refractivity contribution in [2.24, 2.45) is 0 Å². The number of anilines is 1. The second-order valence-corrected chi connectivity index (χ2v) is 8.23. The van der Waals surface area contributed by atoms with Crippen molar-refractivity contribution in [3.63, 3.8) is 0 Å². The van der Waals surface area contributed by atoms with Gasteiger partial charge < -0.3 is 10.3 Å². The van der Waals surface area contributed by atoms with Crippen LogP contribution < -0.4 is 10.7 Å². The van der Waals surface area contributed by atoms with Crippen molar-refractivity contribution >= 4 is 27.6 Å². The van der Waals surface area contributed by atoms with Crippen molar-refractivity contribution in [3.05, 3.63) is 89.3 Å². The van der Waals surface area contributed by atoms with Crippen LogP contribution in [-0.4, -0.2) is 39.6 Å². The second kappa shape index (κ2) is 9.45. The Morgan fingerprint density at radius 1 is 0.941 bits per heavy atom. The van der Waals surface area contributed by atoms with Crippen LogP contribution in [0.4, 0.5) is 5.69 Å². The van der Waals surface area contributed by atoms with Gasteiger partial charge in [0.05, 0.1) is 23.3 Å². The predicted molar refractivity (Wildman–Crippen MR) is 140 cm³/mol. The SMILES string of the molecule is CCN(CC)CNc1c[nH]c2nc(-c3ccccc3)c(-c3ccc4ncccc4c3)cc2c1=O. The number of hydrogen-bond donors (Lipinski definition) is 2. The summed E-state index contributed by atoms with van der Waals surface area (Å²) < 4.78 is 0. The number of hydrogen-bond acceptors (Lipinski definition) is 5. The average molecular weight is 450 g/mol. The number of pyridine rings is 3. The van der Waals surface area contributed by atoms with Crippen LogP contribution in [0, 0.1) is 0 Å². The summed E-state index contributed by atoms with van der Waals surface area (Å²) in [6, 6.07) is 22.2. The number of H-pyrrole nitrogens is 1. The van der Waals surface area contributed by atoms with E-state index in [1.807, 2.05) is 60.7 Å². The van der Waals surface area contributed by atoms with Crippen LogP contribution >= 0.6 is 0 Å². The van der Waals surface area contributed by atoms with E-state index in [4.69, 9.17) is 4.98 Å². The molecule has 6 heteroatoms. The molecule has 0 saturated heterocycles. The number of nitrogens with one attached hydrogen (secondary N) is 2. The minimum absolute atomic E-state index is 0.0586. The molecule has 2 aromatic carbocycles. The van der Waals surface area contributed by atoms with Crippen LogP contribution in [0.3, 0.4) is 0 Å². The molecule has 3 heterocycles. The van der Waals surface area contributed by atoms with Crippen molar-refractivity contribution in [2.75, 3.05) is 25.1 Å². The molecule has 0 aliphatic carbocycles. The summed E-state index contributed by atoms with van der Waals surface area (Å²) in [7, 11) is 0. The van der Waals surface area contributed by atoms with Crippen molar-refractivity contribution in [2.45, 2.75) is 13.8 Å². The first-order chi connectivity index (χ1) is 16.7. The highest BCUT2D eigenvalue weighted by molar-refractivity contribution is 5.94. The van der Waals surface area contributed by atoms with Gasteiger partial charge in [0.15, 0.2) is 0 Å². The molecule has 2 N–H and O–H groups in total. The Labute approximate surface area is 198 Å². The van der Waals surface area contributed by atoms with Crippen LogP contribution in [0.5, 0.6) is 0 Å². The Bertz CT molecular complexity index is 1510. The molecule has 34 heavy (non-hydrogen) atoms. The van der Waals surface area contributed by atoms with E-state index < -0.39 is 0 Å². The number of nitrogens with zero attached hydrogens (tertiary/aromatic N) is 3. The Balaban J connectivity index is 1.68.